The number of hydrogen-bond acceptors (Lipinski definition) is 1. The molecule has 0 saturated heterocycles. The molecule has 0 aromatic carbocycles. The third-order valence-corrected chi connectivity index (χ3v) is 7.73. The molecule has 1 nitrogen and oxygen atoms in total. The maximum atomic E-state index is 5.88. The first-order valence-electron chi connectivity index (χ1n) is 12.5. The van der Waals surface area contributed by atoms with Crippen LogP contribution >= 0.6 is 0 Å². The maximum Gasteiger partial charge on any atom is 0.0648 e. The Morgan fingerprint density at radius 1 is 0.815 bits per heavy atom. The van der Waals surface area contributed by atoms with Gasteiger partial charge in [-0.15, -0.1) is 6.58 Å². The highest BCUT2D eigenvalue weighted by Crippen LogP contribution is 2.43. The first kappa shape index (κ1) is 23.0. The van der Waals surface area contributed by atoms with Crippen molar-refractivity contribution in [1.82, 2.24) is 0 Å². The fourth-order valence-electron chi connectivity index (χ4n) is 5.78. The lowest BCUT2D eigenvalue weighted by atomic mass is 9.68. The Morgan fingerprint density at radius 3 is 1.96 bits per heavy atom. The van der Waals surface area contributed by atoms with Gasteiger partial charge in [0.25, 0.3) is 0 Å². The lowest BCUT2D eigenvalue weighted by molar-refractivity contribution is 0.0153. The van der Waals surface area contributed by atoms with Gasteiger partial charge in [0.15, 0.2) is 0 Å². The Morgan fingerprint density at radius 2 is 1.37 bits per heavy atom. The average Bonchev–Trinajstić information content (AvgIpc) is 2.72. The SMILES string of the molecule is C=CCOC(C)C1CCC(C2CCC(CCCCCCCCC)CC2)CC1. The van der Waals surface area contributed by atoms with Crippen molar-refractivity contribution in [2.75, 3.05) is 6.61 Å². The molecule has 0 aromatic heterocycles. The Labute approximate surface area is 170 Å². The van der Waals surface area contributed by atoms with Crippen LogP contribution in [0.3, 0.4) is 0 Å². The van der Waals surface area contributed by atoms with Crippen LogP contribution in [-0.2, 0) is 4.74 Å². The van der Waals surface area contributed by atoms with Gasteiger partial charge in [-0.25, -0.2) is 0 Å². The highest BCUT2D eigenvalue weighted by molar-refractivity contribution is 4.84. The largest absolute Gasteiger partial charge is 0.374 e. The van der Waals surface area contributed by atoms with Crippen molar-refractivity contribution in [2.45, 2.75) is 123 Å². The van der Waals surface area contributed by atoms with E-state index in [4.69, 9.17) is 4.74 Å². The van der Waals surface area contributed by atoms with Crippen LogP contribution in [-0.4, -0.2) is 12.7 Å². The molecule has 27 heavy (non-hydrogen) atoms. The predicted molar refractivity (Wildman–Crippen MR) is 119 cm³/mol. The van der Waals surface area contributed by atoms with Crippen LogP contribution in [0, 0.1) is 23.7 Å². The number of hydrogen-bond donors (Lipinski definition) is 0. The zero-order chi connectivity index (χ0) is 19.3. The van der Waals surface area contributed by atoms with Gasteiger partial charge in [0, 0.05) is 0 Å². The van der Waals surface area contributed by atoms with E-state index in [9.17, 15) is 0 Å². The Balaban J connectivity index is 1.53. The number of ether oxygens (including phenoxy) is 1. The van der Waals surface area contributed by atoms with E-state index in [0.29, 0.717) is 12.7 Å². The van der Waals surface area contributed by atoms with E-state index in [1.165, 1.54) is 103 Å². The van der Waals surface area contributed by atoms with Crippen molar-refractivity contribution in [3.8, 4) is 0 Å². The summed E-state index contributed by atoms with van der Waals surface area (Å²) in [5, 5.41) is 0. The van der Waals surface area contributed by atoms with Crippen molar-refractivity contribution < 1.29 is 4.74 Å². The van der Waals surface area contributed by atoms with Gasteiger partial charge in [0.05, 0.1) is 12.7 Å². The molecule has 2 saturated carbocycles. The van der Waals surface area contributed by atoms with Gasteiger partial charge in [0.1, 0.15) is 0 Å². The van der Waals surface area contributed by atoms with Crippen LogP contribution in [0.15, 0.2) is 12.7 Å². The number of unbranched alkanes of at least 4 members (excludes halogenated alkanes) is 6. The molecule has 0 aliphatic heterocycles. The van der Waals surface area contributed by atoms with Gasteiger partial charge in [0.2, 0.25) is 0 Å². The van der Waals surface area contributed by atoms with Crippen molar-refractivity contribution >= 4 is 0 Å². The first-order chi connectivity index (χ1) is 13.2. The smallest absolute Gasteiger partial charge is 0.0648 e. The molecule has 158 valence electrons. The molecule has 0 bridgehead atoms. The van der Waals surface area contributed by atoms with E-state index < -0.39 is 0 Å². The molecule has 2 aliphatic carbocycles. The van der Waals surface area contributed by atoms with Gasteiger partial charge in [-0.05, 0) is 69.1 Å². The quantitative estimate of drug-likeness (QED) is 0.232. The molecule has 2 fully saturated rings. The molecular formula is C26H48O. The predicted octanol–water partition coefficient (Wildman–Crippen LogP) is 8.33. The van der Waals surface area contributed by atoms with E-state index in [1.807, 2.05) is 6.08 Å². The van der Waals surface area contributed by atoms with Crippen molar-refractivity contribution in [3.05, 3.63) is 12.7 Å². The molecular weight excluding hydrogens is 328 g/mol. The minimum absolute atomic E-state index is 0.418. The highest BCUT2D eigenvalue weighted by atomic mass is 16.5. The third-order valence-electron chi connectivity index (χ3n) is 7.73. The second-order valence-electron chi connectivity index (χ2n) is 9.69. The zero-order valence-electron chi connectivity index (χ0n) is 18.6. The maximum absolute atomic E-state index is 5.88. The summed E-state index contributed by atoms with van der Waals surface area (Å²) in [6.45, 7) is 9.06. The summed E-state index contributed by atoms with van der Waals surface area (Å²) in [5.74, 6) is 3.91. The lowest BCUT2D eigenvalue weighted by Gasteiger charge is -2.39. The summed E-state index contributed by atoms with van der Waals surface area (Å²) in [5.41, 5.74) is 0. The second-order valence-corrected chi connectivity index (χ2v) is 9.69. The number of rotatable bonds is 13. The summed E-state index contributed by atoms with van der Waals surface area (Å²) in [4.78, 5) is 0. The summed E-state index contributed by atoms with van der Waals surface area (Å²) in [7, 11) is 0. The normalized spacial score (nSPS) is 30.1. The molecule has 2 rings (SSSR count). The lowest BCUT2D eigenvalue weighted by Crippen LogP contribution is -2.30. The molecule has 0 aromatic rings. The van der Waals surface area contributed by atoms with Crippen LogP contribution < -0.4 is 0 Å². The molecule has 0 radical (unpaired) electrons. The van der Waals surface area contributed by atoms with Gasteiger partial charge < -0.3 is 4.74 Å². The van der Waals surface area contributed by atoms with E-state index in [0.717, 1.165) is 23.7 Å². The van der Waals surface area contributed by atoms with Gasteiger partial charge in [-0.3, -0.25) is 0 Å². The molecule has 1 unspecified atom stereocenters. The van der Waals surface area contributed by atoms with Crippen LogP contribution in [0.1, 0.15) is 117 Å². The van der Waals surface area contributed by atoms with Crippen molar-refractivity contribution in [1.29, 1.82) is 0 Å². The molecule has 2 aliphatic rings. The first-order valence-corrected chi connectivity index (χ1v) is 12.5. The van der Waals surface area contributed by atoms with Crippen LogP contribution in [0.2, 0.25) is 0 Å². The molecule has 1 atom stereocenters. The summed E-state index contributed by atoms with van der Waals surface area (Å²) >= 11 is 0. The fourth-order valence-corrected chi connectivity index (χ4v) is 5.78. The highest BCUT2D eigenvalue weighted by Gasteiger charge is 2.32. The van der Waals surface area contributed by atoms with Crippen LogP contribution in [0.5, 0.6) is 0 Å². The molecule has 0 spiro atoms. The van der Waals surface area contributed by atoms with E-state index in [-0.39, 0.29) is 0 Å². The monoisotopic (exact) mass is 376 g/mol. The van der Waals surface area contributed by atoms with Gasteiger partial charge in [-0.1, -0.05) is 77.2 Å². The summed E-state index contributed by atoms with van der Waals surface area (Å²) < 4.78 is 5.88. The van der Waals surface area contributed by atoms with E-state index >= 15 is 0 Å². The molecule has 0 amide bonds. The topological polar surface area (TPSA) is 9.23 Å². The molecule has 0 heterocycles. The van der Waals surface area contributed by atoms with Gasteiger partial charge >= 0.3 is 0 Å². The standard InChI is InChI=1S/C26H48O/c1-4-6-7-8-9-10-11-12-23-13-15-25(16-14-23)26-19-17-24(18-20-26)22(3)27-21-5-2/h5,22-26H,2,4,6-21H2,1,3H3. The van der Waals surface area contributed by atoms with Crippen LogP contribution in [0.4, 0.5) is 0 Å². The van der Waals surface area contributed by atoms with E-state index in [2.05, 4.69) is 20.4 Å². The molecule has 0 N–H and O–H groups in total. The Kier molecular flexibility index (Phi) is 11.8. The molecule has 1 heteroatoms. The van der Waals surface area contributed by atoms with Crippen molar-refractivity contribution in [2.24, 2.45) is 23.7 Å². The van der Waals surface area contributed by atoms with Crippen molar-refractivity contribution in [3.63, 3.8) is 0 Å². The second kappa shape index (κ2) is 13.8. The summed E-state index contributed by atoms with van der Waals surface area (Å²) in [6, 6.07) is 0. The minimum atomic E-state index is 0.418. The minimum Gasteiger partial charge on any atom is -0.374 e. The van der Waals surface area contributed by atoms with Crippen LogP contribution in [0.25, 0.3) is 0 Å². The Hall–Kier alpha value is -0.300. The average molecular weight is 377 g/mol. The third kappa shape index (κ3) is 8.71. The fraction of sp³-hybridized carbons (Fsp3) is 0.923. The van der Waals surface area contributed by atoms with E-state index in [1.54, 1.807) is 0 Å². The summed E-state index contributed by atoms with van der Waals surface area (Å²) in [6.07, 6.45) is 25.8. The Bertz CT molecular complexity index is 360. The zero-order valence-corrected chi connectivity index (χ0v) is 18.6. The van der Waals surface area contributed by atoms with Gasteiger partial charge in [-0.2, -0.15) is 0 Å².